The summed E-state index contributed by atoms with van der Waals surface area (Å²) in [5.74, 6) is 0.840. The fourth-order valence-electron chi connectivity index (χ4n) is 8.49. The third kappa shape index (κ3) is 3.90. The van der Waals surface area contributed by atoms with Gasteiger partial charge in [-0.05, 0) is 73.8 Å². The Hall–Kier alpha value is -5.98. The average molecular weight is 616 g/mol. The molecule has 0 bridgehead atoms. The molecule has 1 spiro atoms. The van der Waals surface area contributed by atoms with Crippen LogP contribution in [0.15, 0.2) is 157 Å². The van der Waals surface area contributed by atoms with E-state index in [1.165, 1.54) is 44.5 Å². The molecule has 1 heterocycles. The van der Waals surface area contributed by atoms with Crippen LogP contribution in [0.4, 0.5) is 0 Å². The van der Waals surface area contributed by atoms with Gasteiger partial charge in [0.2, 0.25) is 0 Å². The van der Waals surface area contributed by atoms with Gasteiger partial charge in [-0.3, -0.25) is 4.99 Å². The van der Waals surface area contributed by atoms with Crippen molar-refractivity contribution in [3.63, 3.8) is 0 Å². The molecule has 1 unspecified atom stereocenters. The monoisotopic (exact) mass is 615 g/mol. The fraction of sp³-hybridized carbons (Fsp3) is 0.111. The number of amidine groups is 1. The minimum Gasteiger partial charge on any atom is -0.340 e. The number of aliphatic imine (C=N–C) groups is 1. The van der Waals surface area contributed by atoms with Crippen molar-refractivity contribution in [2.45, 2.75) is 30.7 Å². The van der Waals surface area contributed by atoms with Crippen LogP contribution in [0.5, 0.6) is 0 Å². The van der Waals surface area contributed by atoms with Crippen LogP contribution >= 0.6 is 0 Å². The molecule has 6 aromatic rings. The first-order chi connectivity index (χ1) is 23.5. The van der Waals surface area contributed by atoms with E-state index in [2.05, 4.69) is 147 Å². The van der Waals surface area contributed by atoms with Crippen molar-refractivity contribution in [1.29, 1.82) is 5.26 Å². The molecule has 1 N–H and O–H groups in total. The third-order valence-corrected chi connectivity index (χ3v) is 10.6. The first-order valence-corrected chi connectivity index (χ1v) is 16.6. The van der Waals surface area contributed by atoms with E-state index < -0.39 is 5.41 Å². The van der Waals surface area contributed by atoms with Crippen LogP contribution in [0.3, 0.4) is 0 Å². The third-order valence-electron chi connectivity index (χ3n) is 10.6. The number of hydrogen-bond donors (Lipinski definition) is 1. The number of nitrogens with one attached hydrogen (secondary N) is 1. The van der Waals surface area contributed by atoms with Crippen LogP contribution in [-0.2, 0) is 10.8 Å². The summed E-state index contributed by atoms with van der Waals surface area (Å²) in [4.78, 5) is 5.40. The Labute approximate surface area is 281 Å². The van der Waals surface area contributed by atoms with Crippen LogP contribution in [-0.4, -0.2) is 5.84 Å². The minimum absolute atomic E-state index is 0.146. The summed E-state index contributed by atoms with van der Waals surface area (Å²) in [7, 11) is 0. The summed E-state index contributed by atoms with van der Waals surface area (Å²) in [6, 6.07) is 54.1. The van der Waals surface area contributed by atoms with Crippen LogP contribution < -0.4 is 5.32 Å². The smallest absolute Gasteiger partial charge is 0.134 e. The summed E-state index contributed by atoms with van der Waals surface area (Å²) in [5.41, 5.74) is 14.7. The maximum absolute atomic E-state index is 9.45. The SMILES string of the molecule is CC1(C)c2ccccc2C2(c3ccccc3-c3c(C4=NC(c5ccc(C#N)cc5)C=C(c5ccccc5)N4)cccc32)c2ccccc21. The Morgan fingerprint density at radius 1 is 0.583 bits per heavy atom. The molecule has 0 amide bonds. The van der Waals surface area contributed by atoms with E-state index in [0.717, 1.165) is 28.2 Å². The molecular weight excluding hydrogens is 583 g/mol. The van der Waals surface area contributed by atoms with Gasteiger partial charge in [0.25, 0.3) is 0 Å². The van der Waals surface area contributed by atoms with Crippen molar-refractivity contribution >= 4 is 11.5 Å². The van der Waals surface area contributed by atoms with E-state index in [4.69, 9.17) is 4.99 Å². The van der Waals surface area contributed by atoms with Crippen molar-refractivity contribution in [2.24, 2.45) is 4.99 Å². The molecular formula is C45H33N3. The Balaban J connectivity index is 1.31. The van der Waals surface area contributed by atoms with Gasteiger partial charge >= 0.3 is 0 Å². The lowest BCUT2D eigenvalue weighted by molar-refractivity contribution is 0.563. The summed E-state index contributed by atoms with van der Waals surface area (Å²) >= 11 is 0. The van der Waals surface area contributed by atoms with E-state index >= 15 is 0 Å². The number of rotatable bonds is 3. The summed E-state index contributed by atoms with van der Waals surface area (Å²) in [6.07, 6.45) is 2.19. The summed E-state index contributed by atoms with van der Waals surface area (Å²) in [6.45, 7) is 4.72. The van der Waals surface area contributed by atoms with Gasteiger partial charge < -0.3 is 5.32 Å². The second kappa shape index (κ2) is 10.5. The topological polar surface area (TPSA) is 48.2 Å². The van der Waals surface area contributed by atoms with Gasteiger partial charge in [-0.2, -0.15) is 5.26 Å². The zero-order valence-corrected chi connectivity index (χ0v) is 26.9. The van der Waals surface area contributed by atoms with Crippen LogP contribution in [0.2, 0.25) is 0 Å². The highest BCUT2D eigenvalue weighted by molar-refractivity contribution is 6.11. The summed E-state index contributed by atoms with van der Waals surface area (Å²) < 4.78 is 0. The lowest BCUT2D eigenvalue weighted by Crippen LogP contribution is -2.40. The molecule has 1 aliphatic heterocycles. The standard InChI is InChI=1S/C45H33N3/c1-44(2)35-18-8-10-20-37(35)45(38-21-11-9-19-36(38)44)34-17-7-6-15-32(34)42-33(16-12-22-39(42)45)43-47-40(30-13-4-3-5-14-30)27-41(48-43)31-25-23-29(28-46)24-26-31/h3-27,41H,1-2H3,(H,47,48). The highest BCUT2D eigenvalue weighted by Gasteiger charge is 2.53. The van der Waals surface area contributed by atoms with Gasteiger partial charge in [-0.1, -0.05) is 147 Å². The van der Waals surface area contributed by atoms with Crippen molar-refractivity contribution in [1.82, 2.24) is 5.32 Å². The fourth-order valence-corrected chi connectivity index (χ4v) is 8.49. The number of fused-ring (bicyclic) bond motifs is 9. The summed E-state index contributed by atoms with van der Waals surface area (Å²) in [5, 5.41) is 13.2. The van der Waals surface area contributed by atoms with Crippen LogP contribution in [0.25, 0.3) is 16.8 Å². The Bertz CT molecular complexity index is 2300. The largest absolute Gasteiger partial charge is 0.340 e. The van der Waals surface area contributed by atoms with Crippen molar-refractivity contribution in [2.75, 3.05) is 0 Å². The molecule has 228 valence electrons. The normalized spacial score (nSPS) is 17.5. The van der Waals surface area contributed by atoms with Crippen molar-refractivity contribution in [3.05, 3.63) is 207 Å². The predicted octanol–water partition coefficient (Wildman–Crippen LogP) is 9.69. The lowest BCUT2D eigenvalue weighted by Gasteiger charge is -2.46. The molecule has 0 saturated heterocycles. The van der Waals surface area contributed by atoms with E-state index in [-0.39, 0.29) is 11.5 Å². The Kier molecular flexibility index (Phi) is 6.19. The minimum atomic E-state index is -0.468. The zero-order valence-electron chi connectivity index (χ0n) is 26.9. The van der Waals surface area contributed by atoms with E-state index in [9.17, 15) is 5.26 Å². The van der Waals surface area contributed by atoms with Gasteiger partial charge in [0.15, 0.2) is 0 Å². The first kappa shape index (κ1) is 28.3. The Morgan fingerprint density at radius 2 is 1.15 bits per heavy atom. The molecule has 0 aromatic heterocycles. The molecule has 2 aliphatic carbocycles. The predicted molar refractivity (Wildman–Crippen MR) is 194 cm³/mol. The maximum atomic E-state index is 9.45. The molecule has 3 aliphatic rings. The molecule has 1 atom stereocenters. The molecule has 3 heteroatoms. The first-order valence-electron chi connectivity index (χ1n) is 16.6. The highest BCUT2D eigenvalue weighted by Crippen LogP contribution is 2.62. The lowest BCUT2D eigenvalue weighted by atomic mass is 9.55. The highest BCUT2D eigenvalue weighted by atomic mass is 15.0. The van der Waals surface area contributed by atoms with Crippen molar-refractivity contribution in [3.8, 4) is 17.2 Å². The molecule has 0 fully saturated rings. The molecule has 0 saturated carbocycles. The zero-order chi connectivity index (χ0) is 32.5. The molecule has 9 rings (SSSR count). The van der Waals surface area contributed by atoms with Gasteiger partial charge in [-0.15, -0.1) is 0 Å². The van der Waals surface area contributed by atoms with E-state index in [0.29, 0.717) is 5.56 Å². The quantitative estimate of drug-likeness (QED) is 0.215. The molecule has 6 aromatic carbocycles. The van der Waals surface area contributed by atoms with Gasteiger partial charge in [-0.25, -0.2) is 0 Å². The molecule has 48 heavy (non-hydrogen) atoms. The van der Waals surface area contributed by atoms with Gasteiger partial charge in [0, 0.05) is 16.7 Å². The van der Waals surface area contributed by atoms with Crippen molar-refractivity contribution < 1.29 is 0 Å². The van der Waals surface area contributed by atoms with Gasteiger partial charge in [0.05, 0.1) is 23.1 Å². The van der Waals surface area contributed by atoms with E-state index in [1.807, 2.05) is 30.3 Å². The van der Waals surface area contributed by atoms with E-state index in [1.54, 1.807) is 0 Å². The molecule has 3 nitrogen and oxygen atoms in total. The number of nitrogens with zero attached hydrogens (tertiary/aromatic N) is 2. The molecule has 0 radical (unpaired) electrons. The second-order valence-corrected chi connectivity index (χ2v) is 13.5. The number of benzene rings is 6. The number of hydrogen-bond acceptors (Lipinski definition) is 3. The average Bonchev–Trinajstić information content (AvgIpc) is 3.45. The number of nitriles is 1. The maximum Gasteiger partial charge on any atom is 0.134 e. The Morgan fingerprint density at radius 3 is 1.81 bits per heavy atom. The van der Waals surface area contributed by atoms with Gasteiger partial charge in [0.1, 0.15) is 5.84 Å². The second-order valence-electron chi connectivity index (χ2n) is 13.5. The van der Waals surface area contributed by atoms with Crippen LogP contribution in [0, 0.1) is 11.3 Å². The van der Waals surface area contributed by atoms with Crippen LogP contribution in [0.1, 0.15) is 75.5 Å².